The first-order chi connectivity index (χ1) is 15.9. The molecule has 0 amide bonds. The molecule has 178 valence electrons. The Bertz CT molecular complexity index is 1010. The fourth-order valence-electron chi connectivity index (χ4n) is 3.64. The summed E-state index contributed by atoms with van der Waals surface area (Å²) in [5, 5.41) is 15.3. The van der Waals surface area contributed by atoms with E-state index < -0.39 is 11.9 Å². The number of aromatic nitrogens is 2. The van der Waals surface area contributed by atoms with E-state index in [1.807, 2.05) is 44.2 Å². The summed E-state index contributed by atoms with van der Waals surface area (Å²) < 4.78 is 27.8. The van der Waals surface area contributed by atoms with Gasteiger partial charge < -0.3 is 14.6 Å². The Kier molecular flexibility index (Phi) is 9.00. The second kappa shape index (κ2) is 11.9. The summed E-state index contributed by atoms with van der Waals surface area (Å²) >= 11 is 0. The highest BCUT2D eigenvalue weighted by molar-refractivity contribution is 5.44. The van der Waals surface area contributed by atoms with E-state index in [2.05, 4.69) is 18.7 Å². The Balaban J connectivity index is 2.03. The van der Waals surface area contributed by atoms with Crippen LogP contribution in [0.25, 0.3) is 5.69 Å². The lowest BCUT2D eigenvalue weighted by molar-refractivity contribution is 0.0131. The molecular weight excluding hydrogens is 421 g/mol. The van der Waals surface area contributed by atoms with Crippen molar-refractivity contribution in [2.75, 3.05) is 19.8 Å². The summed E-state index contributed by atoms with van der Waals surface area (Å²) in [6.45, 7) is 9.89. The number of aliphatic hydroxyl groups is 1. The molecule has 0 saturated carbocycles. The Hall–Kier alpha value is -2.74. The zero-order valence-corrected chi connectivity index (χ0v) is 19.9. The number of benzene rings is 2. The van der Waals surface area contributed by atoms with E-state index in [0.717, 1.165) is 16.9 Å². The summed E-state index contributed by atoms with van der Waals surface area (Å²) in [4.78, 5) is 2.16. The Labute approximate surface area is 195 Å². The van der Waals surface area contributed by atoms with E-state index in [1.54, 1.807) is 22.9 Å². The Morgan fingerprint density at radius 2 is 1.76 bits per heavy atom. The van der Waals surface area contributed by atoms with Crippen molar-refractivity contribution in [3.8, 4) is 17.3 Å². The average Bonchev–Trinajstić information content (AvgIpc) is 3.16. The summed E-state index contributed by atoms with van der Waals surface area (Å²) in [6, 6.07) is 16.2. The number of rotatable bonds is 12. The first-order valence-corrected chi connectivity index (χ1v) is 11.5. The van der Waals surface area contributed by atoms with Crippen LogP contribution in [0.3, 0.4) is 0 Å². The molecule has 0 radical (unpaired) electrons. The topological polar surface area (TPSA) is 59.8 Å². The van der Waals surface area contributed by atoms with E-state index in [1.165, 1.54) is 6.07 Å². The number of aryl methyl sites for hydroxylation is 1. The molecule has 2 aromatic carbocycles. The SMILES string of the molecule is CCOC[C@H](O)CN(Cc1c(CC)nn(-c2ccccc2)c1Oc1ccccc1F)C(C)C. The van der Waals surface area contributed by atoms with E-state index in [4.69, 9.17) is 14.6 Å². The van der Waals surface area contributed by atoms with E-state index in [9.17, 15) is 9.50 Å². The van der Waals surface area contributed by atoms with Crippen LogP contribution >= 0.6 is 0 Å². The first-order valence-electron chi connectivity index (χ1n) is 11.5. The highest BCUT2D eigenvalue weighted by atomic mass is 19.1. The number of hydrogen-bond donors (Lipinski definition) is 1. The predicted octanol–water partition coefficient (Wildman–Crippen LogP) is 4.97. The highest BCUT2D eigenvalue weighted by Crippen LogP contribution is 2.33. The van der Waals surface area contributed by atoms with Crippen LogP contribution in [0.5, 0.6) is 11.6 Å². The molecule has 33 heavy (non-hydrogen) atoms. The quantitative estimate of drug-likeness (QED) is 0.418. The second-order valence-electron chi connectivity index (χ2n) is 8.20. The molecule has 0 unspecified atom stereocenters. The average molecular weight is 456 g/mol. The molecule has 3 aromatic rings. The number of para-hydroxylation sites is 2. The molecular formula is C26H34FN3O3. The normalized spacial score (nSPS) is 12.5. The van der Waals surface area contributed by atoms with E-state index >= 15 is 0 Å². The molecule has 6 nitrogen and oxygen atoms in total. The fraction of sp³-hybridized carbons (Fsp3) is 0.423. The van der Waals surface area contributed by atoms with Crippen molar-refractivity contribution in [2.24, 2.45) is 0 Å². The number of nitrogens with zero attached hydrogens (tertiary/aromatic N) is 3. The molecule has 0 aliphatic carbocycles. The molecule has 0 saturated heterocycles. The second-order valence-corrected chi connectivity index (χ2v) is 8.20. The van der Waals surface area contributed by atoms with Crippen LogP contribution in [0.1, 0.15) is 39.0 Å². The molecule has 1 heterocycles. The lowest BCUT2D eigenvalue weighted by Gasteiger charge is -2.29. The smallest absolute Gasteiger partial charge is 0.227 e. The van der Waals surface area contributed by atoms with Gasteiger partial charge in [0.25, 0.3) is 0 Å². The minimum absolute atomic E-state index is 0.144. The predicted molar refractivity (Wildman–Crippen MR) is 127 cm³/mol. The van der Waals surface area contributed by atoms with Gasteiger partial charge in [0.05, 0.1) is 29.7 Å². The largest absolute Gasteiger partial charge is 0.435 e. The van der Waals surface area contributed by atoms with Crippen molar-refractivity contribution in [3.63, 3.8) is 0 Å². The van der Waals surface area contributed by atoms with Gasteiger partial charge in [-0.05, 0) is 51.5 Å². The monoisotopic (exact) mass is 455 g/mol. The zero-order chi connectivity index (χ0) is 23.8. The van der Waals surface area contributed by atoms with Gasteiger partial charge in [0, 0.05) is 25.7 Å². The van der Waals surface area contributed by atoms with Crippen molar-refractivity contribution in [3.05, 3.63) is 71.7 Å². The molecule has 0 spiro atoms. The van der Waals surface area contributed by atoms with E-state index in [-0.39, 0.29) is 18.4 Å². The number of hydrogen-bond acceptors (Lipinski definition) is 5. The maximum Gasteiger partial charge on any atom is 0.227 e. The maximum atomic E-state index is 14.5. The summed E-state index contributed by atoms with van der Waals surface area (Å²) in [5.41, 5.74) is 2.58. The van der Waals surface area contributed by atoms with Crippen molar-refractivity contribution < 1.29 is 19.0 Å². The summed E-state index contributed by atoms with van der Waals surface area (Å²) in [7, 11) is 0. The van der Waals surface area contributed by atoms with Crippen LogP contribution in [0.4, 0.5) is 4.39 Å². The zero-order valence-electron chi connectivity index (χ0n) is 19.9. The summed E-state index contributed by atoms with van der Waals surface area (Å²) in [6.07, 6.45) is 0.0773. The van der Waals surface area contributed by atoms with Crippen molar-refractivity contribution in [1.29, 1.82) is 0 Å². The van der Waals surface area contributed by atoms with Gasteiger partial charge in [0.2, 0.25) is 5.88 Å². The molecule has 0 aliphatic rings. The lowest BCUT2D eigenvalue weighted by Crippen LogP contribution is -2.39. The fourth-order valence-corrected chi connectivity index (χ4v) is 3.64. The van der Waals surface area contributed by atoms with Crippen LogP contribution in [0.2, 0.25) is 0 Å². The van der Waals surface area contributed by atoms with E-state index in [0.29, 0.717) is 32.0 Å². The number of ether oxygens (including phenoxy) is 2. The van der Waals surface area contributed by atoms with Gasteiger partial charge in [-0.3, -0.25) is 4.90 Å². The lowest BCUT2D eigenvalue weighted by atomic mass is 10.1. The minimum Gasteiger partial charge on any atom is -0.435 e. The van der Waals surface area contributed by atoms with Crippen molar-refractivity contribution >= 4 is 0 Å². The first kappa shape index (κ1) is 24.9. The molecule has 3 rings (SSSR count). The van der Waals surface area contributed by atoms with Crippen LogP contribution < -0.4 is 4.74 Å². The van der Waals surface area contributed by atoms with Gasteiger partial charge in [-0.25, -0.2) is 9.07 Å². The molecule has 1 N–H and O–H groups in total. The highest BCUT2D eigenvalue weighted by Gasteiger charge is 2.25. The van der Waals surface area contributed by atoms with Crippen LogP contribution in [-0.2, 0) is 17.7 Å². The van der Waals surface area contributed by atoms with Crippen LogP contribution in [-0.4, -0.2) is 51.7 Å². The molecule has 0 aliphatic heterocycles. The third-order valence-electron chi connectivity index (χ3n) is 5.45. The Morgan fingerprint density at radius 1 is 1.06 bits per heavy atom. The third kappa shape index (κ3) is 6.41. The van der Waals surface area contributed by atoms with Gasteiger partial charge in [0.15, 0.2) is 11.6 Å². The Morgan fingerprint density at radius 3 is 2.39 bits per heavy atom. The summed E-state index contributed by atoms with van der Waals surface area (Å²) in [5.74, 6) is 0.189. The van der Waals surface area contributed by atoms with Crippen molar-refractivity contribution in [1.82, 2.24) is 14.7 Å². The van der Waals surface area contributed by atoms with Gasteiger partial charge in [-0.1, -0.05) is 37.3 Å². The number of aliphatic hydroxyl groups excluding tert-OH is 1. The molecule has 1 aromatic heterocycles. The molecule has 1 atom stereocenters. The van der Waals surface area contributed by atoms with Crippen LogP contribution in [0.15, 0.2) is 54.6 Å². The minimum atomic E-state index is -0.613. The maximum absolute atomic E-state index is 14.5. The van der Waals surface area contributed by atoms with Crippen molar-refractivity contribution in [2.45, 2.75) is 52.8 Å². The molecule has 0 bridgehead atoms. The molecule has 0 fully saturated rings. The van der Waals surface area contributed by atoms with Gasteiger partial charge in [-0.2, -0.15) is 5.10 Å². The van der Waals surface area contributed by atoms with Crippen LogP contribution in [0, 0.1) is 5.82 Å². The van der Waals surface area contributed by atoms with Gasteiger partial charge in [-0.15, -0.1) is 0 Å². The third-order valence-corrected chi connectivity index (χ3v) is 5.45. The standard InChI is InChI=1S/C26H34FN3O3/c1-5-24-22(17-29(19(3)4)16-21(31)18-32-6-2)26(33-25-15-11-10-14-23(25)27)30(28-24)20-12-8-7-9-13-20/h7-15,19,21,31H,5-6,16-18H2,1-4H3/t21-/m1/s1. The van der Waals surface area contributed by atoms with Gasteiger partial charge >= 0.3 is 0 Å². The number of halogens is 1. The van der Waals surface area contributed by atoms with Gasteiger partial charge in [0.1, 0.15) is 0 Å². The molecule has 7 heteroatoms.